The molecule has 188 valence electrons. The summed E-state index contributed by atoms with van der Waals surface area (Å²) in [5, 5.41) is 11.3. The van der Waals surface area contributed by atoms with Gasteiger partial charge in [0, 0.05) is 11.6 Å². The number of carbonyl (C=O) groups excluding carboxylic acids is 1. The Morgan fingerprint density at radius 2 is 1.68 bits per heavy atom. The van der Waals surface area contributed by atoms with Crippen molar-refractivity contribution in [2.75, 3.05) is 11.9 Å². The molecule has 0 amide bonds. The lowest BCUT2D eigenvalue weighted by Crippen LogP contribution is -2.23. The Morgan fingerprint density at radius 1 is 0.946 bits per heavy atom. The van der Waals surface area contributed by atoms with Crippen molar-refractivity contribution in [3.8, 4) is 22.8 Å². The minimum atomic E-state index is -0.521. The smallest absolute Gasteiger partial charge is 0.313 e. The molecule has 1 heterocycles. The van der Waals surface area contributed by atoms with E-state index in [1.54, 1.807) is 30.3 Å². The number of nitrogens with one attached hydrogen (secondary N) is 1. The van der Waals surface area contributed by atoms with Crippen LogP contribution in [0.2, 0.25) is 0 Å². The summed E-state index contributed by atoms with van der Waals surface area (Å²) in [5.74, 6) is 0.971. The third-order valence-electron chi connectivity index (χ3n) is 5.33. The number of anilines is 1. The van der Waals surface area contributed by atoms with E-state index >= 15 is 0 Å². The molecule has 0 aliphatic heterocycles. The number of carbonyl (C=O) groups is 1. The first-order chi connectivity index (χ1) is 18.0. The maximum Gasteiger partial charge on any atom is 0.313 e. The fourth-order valence-electron chi connectivity index (χ4n) is 3.54. The van der Waals surface area contributed by atoms with E-state index in [2.05, 4.69) is 20.5 Å². The summed E-state index contributed by atoms with van der Waals surface area (Å²) < 4.78 is 11.0. The average Bonchev–Trinajstić information content (AvgIpc) is 2.91. The molecule has 0 spiro atoms. The molecule has 0 saturated heterocycles. The van der Waals surface area contributed by atoms with E-state index in [0.29, 0.717) is 23.9 Å². The molecule has 9 heteroatoms. The van der Waals surface area contributed by atoms with E-state index in [4.69, 9.17) is 20.9 Å². The topological polar surface area (TPSA) is 138 Å². The maximum absolute atomic E-state index is 12.6. The van der Waals surface area contributed by atoms with Gasteiger partial charge in [-0.1, -0.05) is 54.6 Å². The van der Waals surface area contributed by atoms with Gasteiger partial charge in [0.15, 0.2) is 17.5 Å². The summed E-state index contributed by atoms with van der Waals surface area (Å²) in [5.41, 5.74) is 15.3. The van der Waals surface area contributed by atoms with Gasteiger partial charge < -0.3 is 26.3 Å². The van der Waals surface area contributed by atoms with Crippen LogP contribution in [0.5, 0.6) is 11.5 Å². The highest BCUT2D eigenvalue weighted by molar-refractivity contribution is 5.95. The molecule has 0 aliphatic carbocycles. The number of ether oxygens (including phenoxy) is 2. The van der Waals surface area contributed by atoms with E-state index < -0.39 is 12.0 Å². The third kappa shape index (κ3) is 7.12. The van der Waals surface area contributed by atoms with Crippen molar-refractivity contribution in [2.24, 2.45) is 16.5 Å². The molecule has 4 rings (SSSR count). The van der Waals surface area contributed by atoms with E-state index in [-0.39, 0.29) is 12.4 Å². The van der Waals surface area contributed by atoms with Crippen LogP contribution in [0.25, 0.3) is 11.3 Å². The zero-order valence-electron chi connectivity index (χ0n) is 20.4. The molecule has 0 saturated carbocycles. The first-order valence-electron chi connectivity index (χ1n) is 11.8. The van der Waals surface area contributed by atoms with E-state index in [1.807, 2.05) is 67.6 Å². The van der Waals surface area contributed by atoms with Crippen LogP contribution >= 0.6 is 0 Å². The molecule has 4 aromatic rings. The average molecular weight is 497 g/mol. The number of para-hydroxylation sites is 2. The van der Waals surface area contributed by atoms with Crippen LogP contribution in [-0.4, -0.2) is 28.7 Å². The van der Waals surface area contributed by atoms with Crippen molar-refractivity contribution in [2.45, 2.75) is 19.4 Å². The lowest BCUT2D eigenvalue weighted by atomic mass is 10.0. The Morgan fingerprint density at radius 3 is 2.38 bits per heavy atom. The largest absolute Gasteiger partial charge is 0.494 e. The second-order valence-electron chi connectivity index (χ2n) is 8.05. The van der Waals surface area contributed by atoms with Gasteiger partial charge in [0.25, 0.3) is 0 Å². The normalized spacial score (nSPS) is 12.0. The molecule has 0 fully saturated rings. The lowest BCUT2D eigenvalue weighted by molar-refractivity contribution is -0.134. The van der Waals surface area contributed by atoms with Gasteiger partial charge in [-0.15, -0.1) is 10.2 Å². The van der Waals surface area contributed by atoms with Crippen LogP contribution in [0.15, 0.2) is 96.0 Å². The maximum atomic E-state index is 12.6. The third-order valence-corrected chi connectivity index (χ3v) is 5.33. The Hall–Kier alpha value is -4.76. The first-order valence-corrected chi connectivity index (χ1v) is 11.8. The van der Waals surface area contributed by atoms with Gasteiger partial charge >= 0.3 is 5.97 Å². The number of aliphatic imine (C=N–C) groups is 1. The Balaban J connectivity index is 1.38. The van der Waals surface area contributed by atoms with Crippen molar-refractivity contribution in [1.29, 1.82) is 0 Å². The summed E-state index contributed by atoms with van der Waals surface area (Å²) in [6.45, 7) is 2.49. The van der Waals surface area contributed by atoms with Gasteiger partial charge in [0.1, 0.15) is 5.75 Å². The summed E-state index contributed by atoms with van der Waals surface area (Å²) in [4.78, 5) is 16.9. The Labute approximate surface area is 215 Å². The molecule has 5 N–H and O–H groups in total. The zero-order chi connectivity index (χ0) is 26.0. The van der Waals surface area contributed by atoms with Crippen molar-refractivity contribution in [1.82, 2.24) is 10.2 Å². The van der Waals surface area contributed by atoms with Crippen molar-refractivity contribution in [3.05, 3.63) is 96.6 Å². The number of guanidine groups is 1. The second kappa shape index (κ2) is 12.3. The molecule has 0 aliphatic rings. The number of rotatable bonds is 9. The zero-order valence-corrected chi connectivity index (χ0v) is 20.4. The van der Waals surface area contributed by atoms with E-state index in [0.717, 1.165) is 22.6 Å². The van der Waals surface area contributed by atoms with E-state index in [1.165, 1.54) is 0 Å². The molecule has 3 aromatic carbocycles. The minimum Gasteiger partial charge on any atom is -0.494 e. The van der Waals surface area contributed by atoms with Gasteiger partial charge in [0.2, 0.25) is 0 Å². The van der Waals surface area contributed by atoms with Gasteiger partial charge in [-0.2, -0.15) is 4.99 Å². The summed E-state index contributed by atoms with van der Waals surface area (Å²) in [7, 11) is 0. The molecule has 9 nitrogen and oxygen atoms in total. The van der Waals surface area contributed by atoms with Gasteiger partial charge in [0.05, 0.1) is 24.4 Å². The number of hydrogen-bond donors (Lipinski definition) is 3. The highest BCUT2D eigenvalue weighted by Crippen LogP contribution is 2.26. The van der Waals surface area contributed by atoms with E-state index in [9.17, 15) is 4.79 Å². The molecule has 1 unspecified atom stereocenters. The van der Waals surface area contributed by atoms with Crippen molar-refractivity contribution >= 4 is 23.4 Å². The molecular formula is C28H28N6O3. The highest BCUT2D eigenvalue weighted by atomic mass is 16.5. The first kappa shape index (κ1) is 25.3. The number of esters is 1. The summed E-state index contributed by atoms with van der Waals surface area (Å²) >= 11 is 0. The second-order valence-corrected chi connectivity index (χ2v) is 8.05. The number of aromatic nitrogens is 2. The predicted molar refractivity (Wildman–Crippen MR) is 144 cm³/mol. The van der Waals surface area contributed by atoms with Crippen LogP contribution in [-0.2, 0) is 4.79 Å². The fourth-order valence-corrected chi connectivity index (χ4v) is 3.54. The number of hydrogen-bond acceptors (Lipinski definition) is 7. The Bertz CT molecular complexity index is 1340. The quantitative estimate of drug-likeness (QED) is 0.132. The monoisotopic (exact) mass is 496 g/mol. The van der Waals surface area contributed by atoms with Gasteiger partial charge in [-0.25, -0.2) is 0 Å². The summed E-state index contributed by atoms with van der Waals surface area (Å²) in [6, 6.07) is 27.0. The van der Waals surface area contributed by atoms with Crippen LogP contribution < -0.4 is 26.3 Å². The van der Waals surface area contributed by atoms with Crippen LogP contribution in [0.3, 0.4) is 0 Å². The predicted octanol–water partition coefficient (Wildman–Crippen LogP) is 4.60. The minimum absolute atomic E-state index is 0.00472. The summed E-state index contributed by atoms with van der Waals surface area (Å²) in [6.07, 6.45) is -0.00472. The Kier molecular flexibility index (Phi) is 8.41. The highest BCUT2D eigenvalue weighted by Gasteiger charge is 2.16. The van der Waals surface area contributed by atoms with Crippen molar-refractivity contribution < 1.29 is 14.3 Å². The van der Waals surface area contributed by atoms with Gasteiger partial charge in [-0.3, -0.25) is 4.79 Å². The van der Waals surface area contributed by atoms with Crippen LogP contribution in [0.4, 0.5) is 11.5 Å². The van der Waals surface area contributed by atoms with Crippen molar-refractivity contribution in [3.63, 3.8) is 0 Å². The van der Waals surface area contributed by atoms with Crippen LogP contribution in [0, 0.1) is 0 Å². The standard InChI is InChI=1S/C28H28N6O3/c1-2-36-21-14-12-19(13-15-21)22(29)18-27(35)37-25-11-7-6-10-24(25)31-28(30)32-26-17-16-23(33-34-26)20-8-4-3-5-9-20/h3-17,22H,2,18,29H2,1H3,(H3,30,31,32,34). The number of nitrogens with two attached hydrogens (primary N) is 2. The SMILES string of the molecule is CCOc1ccc(C(N)CC(=O)Oc2ccccc2NC(N)=Nc2ccc(-c3ccccc3)nn2)cc1. The lowest BCUT2D eigenvalue weighted by Gasteiger charge is -2.14. The van der Waals surface area contributed by atoms with Gasteiger partial charge in [-0.05, 0) is 48.9 Å². The molecular weight excluding hydrogens is 468 g/mol. The number of nitrogens with zero attached hydrogens (tertiary/aromatic N) is 3. The number of benzene rings is 3. The molecule has 1 atom stereocenters. The molecule has 0 bridgehead atoms. The molecule has 1 aromatic heterocycles. The fraction of sp³-hybridized carbons (Fsp3) is 0.143. The van der Waals surface area contributed by atoms with Crippen LogP contribution in [0.1, 0.15) is 24.9 Å². The molecule has 37 heavy (non-hydrogen) atoms. The molecule has 0 radical (unpaired) electrons.